The molecule has 0 radical (unpaired) electrons. The average molecular weight is 319 g/mol. The number of carbonyl (C=O) groups excluding carboxylic acids is 1. The van der Waals surface area contributed by atoms with Gasteiger partial charge in [-0.15, -0.1) is 12.4 Å². The molecule has 2 rings (SSSR count). The Morgan fingerprint density at radius 1 is 1.14 bits per heavy atom. The molecular formula is C16H31ClN2O2. The van der Waals surface area contributed by atoms with E-state index < -0.39 is 0 Å². The molecule has 2 aliphatic rings. The van der Waals surface area contributed by atoms with E-state index in [4.69, 9.17) is 10.5 Å². The minimum Gasteiger partial charge on any atom is -0.381 e. The fraction of sp³-hybridized carbons (Fsp3) is 0.938. The molecule has 4 nitrogen and oxygen atoms in total. The van der Waals surface area contributed by atoms with E-state index in [2.05, 4.69) is 19.2 Å². The Morgan fingerprint density at radius 3 is 2.43 bits per heavy atom. The second-order valence-corrected chi connectivity index (χ2v) is 6.85. The predicted molar refractivity (Wildman–Crippen MR) is 87.5 cm³/mol. The summed E-state index contributed by atoms with van der Waals surface area (Å²) < 4.78 is 5.33. The summed E-state index contributed by atoms with van der Waals surface area (Å²) in [5.74, 6) is 1.78. The zero-order valence-corrected chi connectivity index (χ0v) is 14.2. The van der Waals surface area contributed by atoms with Crippen LogP contribution in [0.4, 0.5) is 0 Å². The maximum absolute atomic E-state index is 12.3. The Hall–Kier alpha value is -0.320. The molecule has 0 aromatic carbocycles. The van der Waals surface area contributed by atoms with Gasteiger partial charge in [0.1, 0.15) is 0 Å². The minimum atomic E-state index is -0.363. The Labute approximate surface area is 135 Å². The monoisotopic (exact) mass is 318 g/mol. The lowest BCUT2D eigenvalue weighted by molar-refractivity contribution is -0.125. The number of halogens is 1. The fourth-order valence-corrected chi connectivity index (χ4v) is 3.55. The van der Waals surface area contributed by atoms with Gasteiger partial charge in [0.15, 0.2) is 0 Å². The van der Waals surface area contributed by atoms with Crippen LogP contribution in [0.2, 0.25) is 0 Å². The molecule has 1 heterocycles. The zero-order valence-electron chi connectivity index (χ0n) is 13.3. The Bertz CT molecular complexity index is 319. The number of rotatable bonds is 4. The van der Waals surface area contributed by atoms with E-state index in [9.17, 15) is 4.79 Å². The molecule has 0 bridgehead atoms. The summed E-state index contributed by atoms with van der Waals surface area (Å²) in [6.45, 7) is 6.04. The van der Waals surface area contributed by atoms with E-state index in [1.807, 2.05) is 0 Å². The molecule has 3 unspecified atom stereocenters. The van der Waals surface area contributed by atoms with E-state index in [1.54, 1.807) is 0 Å². The van der Waals surface area contributed by atoms with Crippen molar-refractivity contribution < 1.29 is 9.53 Å². The van der Waals surface area contributed by atoms with E-state index in [0.29, 0.717) is 12.0 Å². The Kier molecular flexibility index (Phi) is 7.99. The lowest BCUT2D eigenvalue weighted by atomic mass is 9.79. The van der Waals surface area contributed by atoms with Gasteiger partial charge in [-0.3, -0.25) is 4.79 Å². The molecule has 21 heavy (non-hydrogen) atoms. The van der Waals surface area contributed by atoms with Crippen molar-refractivity contribution in [1.82, 2.24) is 5.32 Å². The van der Waals surface area contributed by atoms with Crippen molar-refractivity contribution in [1.29, 1.82) is 0 Å². The fourth-order valence-electron chi connectivity index (χ4n) is 3.55. The first-order valence-corrected chi connectivity index (χ1v) is 8.21. The van der Waals surface area contributed by atoms with Crippen molar-refractivity contribution in [2.75, 3.05) is 13.2 Å². The summed E-state index contributed by atoms with van der Waals surface area (Å²) in [5.41, 5.74) is 6.14. The highest BCUT2D eigenvalue weighted by atomic mass is 35.5. The van der Waals surface area contributed by atoms with Gasteiger partial charge in [0.25, 0.3) is 0 Å². The Morgan fingerprint density at radius 2 is 1.81 bits per heavy atom. The quantitative estimate of drug-likeness (QED) is 0.837. The molecule has 3 atom stereocenters. The standard InChI is InChI=1S/C16H30N2O2.ClH/c1-11(2)13-4-3-5-14(10-13)18-16(19)15(17)12-6-8-20-9-7-12;/h11-15H,3-10,17H2,1-2H3,(H,18,19);1H. The van der Waals surface area contributed by atoms with E-state index in [0.717, 1.165) is 44.8 Å². The molecule has 1 saturated carbocycles. The van der Waals surface area contributed by atoms with Crippen LogP contribution in [0.1, 0.15) is 52.4 Å². The van der Waals surface area contributed by atoms with Crippen molar-refractivity contribution >= 4 is 18.3 Å². The lowest BCUT2D eigenvalue weighted by Crippen LogP contribution is -2.51. The van der Waals surface area contributed by atoms with Crippen molar-refractivity contribution in [3.8, 4) is 0 Å². The molecule has 3 N–H and O–H groups in total. The highest BCUT2D eigenvalue weighted by molar-refractivity contribution is 5.85. The van der Waals surface area contributed by atoms with Gasteiger partial charge in [-0.05, 0) is 43.4 Å². The lowest BCUT2D eigenvalue weighted by Gasteiger charge is -2.34. The summed E-state index contributed by atoms with van der Waals surface area (Å²) in [4.78, 5) is 12.3. The first-order chi connectivity index (χ1) is 9.58. The normalized spacial score (nSPS) is 28.8. The number of nitrogens with one attached hydrogen (secondary N) is 1. The van der Waals surface area contributed by atoms with E-state index in [1.165, 1.54) is 12.8 Å². The topological polar surface area (TPSA) is 64.4 Å². The molecule has 0 aromatic heterocycles. The number of carbonyl (C=O) groups is 1. The van der Waals surface area contributed by atoms with Crippen LogP contribution < -0.4 is 11.1 Å². The van der Waals surface area contributed by atoms with Crippen LogP contribution in [0, 0.1) is 17.8 Å². The van der Waals surface area contributed by atoms with E-state index in [-0.39, 0.29) is 30.3 Å². The van der Waals surface area contributed by atoms with Crippen molar-refractivity contribution in [2.45, 2.75) is 64.5 Å². The largest absolute Gasteiger partial charge is 0.381 e. The van der Waals surface area contributed by atoms with Gasteiger partial charge in [-0.25, -0.2) is 0 Å². The van der Waals surface area contributed by atoms with Crippen LogP contribution in [-0.2, 0) is 9.53 Å². The van der Waals surface area contributed by atoms with Crippen LogP contribution in [0.15, 0.2) is 0 Å². The minimum absolute atomic E-state index is 0. The Balaban J connectivity index is 0.00000220. The highest BCUT2D eigenvalue weighted by Gasteiger charge is 2.30. The second-order valence-electron chi connectivity index (χ2n) is 6.85. The number of hydrogen-bond donors (Lipinski definition) is 2. The van der Waals surface area contributed by atoms with Crippen LogP contribution in [0.5, 0.6) is 0 Å². The van der Waals surface area contributed by atoms with E-state index >= 15 is 0 Å². The predicted octanol–water partition coefficient (Wildman–Crippen LogP) is 2.49. The maximum Gasteiger partial charge on any atom is 0.237 e. The summed E-state index contributed by atoms with van der Waals surface area (Å²) in [5, 5.41) is 3.20. The molecule has 0 aromatic rings. The van der Waals surface area contributed by atoms with Gasteiger partial charge in [0.2, 0.25) is 5.91 Å². The molecule has 5 heteroatoms. The first-order valence-electron chi connectivity index (χ1n) is 8.21. The SMILES string of the molecule is CC(C)C1CCCC(NC(=O)C(N)C2CCOCC2)C1.Cl. The summed E-state index contributed by atoms with van der Waals surface area (Å²) in [7, 11) is 0. The average Bonchev–Trinajstić information content (AvgIpc) is 2.47. The van der Waals surface area contributed by atoms with Crippen LogP contribution in [-0.4, -0.2) is 31.2 Å². The third-order valence-corrected chi connectivity index (χ3v) is 5.08. The van der Waals surface area contributed by atoms with Crippen molar-refractivity contribution in [3.63, 3.8) is 0 Å². The molecule has 1 amide bonds. The molecule has 124 valence electrons. The molecule has 1 aliphatic heterocycles. The summed E-state index contributed by atoms with van der Waals surface area (Å²) in [6.07, 6.45) is 6.57. The number of nitrogens with two attached hydrogens (primary N) is 1. The highest BCUT2D eigenvalue weighted by Crippen LogP contribution is 2.30. The van der Waals surface area contributed by atoms with Gasteiger partial charge in [0.05, 0.1) is 6.04 Å². The molecule has 2 fully saturated rings. The van der Waals surface area contributed by atoms with Crippen LogP contribution in [0.25, 0.3) is 0 Å². The van der Waals surface area contributed by atoms with Gasteiger partial charge < -0.3 is 15.8 Å². The smallest absolute Gasteiger partial charge is 0.237 e. The van der Waals surface area contributed by atoms with Crippen LogP contribution in [0.3, 0.4) is 0 Å². The molecule has 0 spiro atoms. The summed E-state index contributed by atoms with van der Waals surface area (Å²) >= 11 is 0. The van der Waals surface area contributed by atoms with Crippen LogP contribution >= 0.6 is 12.4 Å². The maximum atomic E-state index is 12.3. The second kappa shape index (κ2) is 8.96. The number of hydrogen-bond acceptors (Lipinski definition) is 3. The van der Waals surface area contributed by atoms with Gasteiger partial charge in [0, 0.05) is 19.3 Å². The first kappa shape index (κ1) is 18.7. The number of amides is 1. The summed E-state index contributed by atoms with van der Waals surface area (Å²) in [6, 6.07) is -0.0344. The third-order valence-electron chi connectivity index (χ3n) is 5.08. The van der Waals surface area contributed by atoms with Crippen molar-refractivity contribution in [3.05, 3.63) is 0 Å². The number of ether oxygens (including phenoxy) is 1. The van der Waals surface area contributed by atoms with Crippen molar-refractivity contribution in [2.24, 2.45) is 23.5 Å². The van der Waals surface area contributed by atoms with Gasteiger partial charge >= 0.3 is 0 Å². The van der Waals surface area contributed by atoms with Gasteiger partial charge in [-0.2, -0.15) is 0 Å². The van der Waals surface area contributed by atoms with Gasteiger partial charge in [-0.1, -0.05) is 26.7 Å². The zero-order chi connectivity index (χ0) is 14.5. The molecule has 1 aliphatic carbocycles. The molecular weight excluding hydrogens is 288 g/mol. The third kappa shape index (κ3) is 5.42. The molecule has 1 saturated heterocycles.